The van der Waals surface area contributed by atoms with Crippen LogP contribution in [0.3, 0.4) is 0 Å². The van der Waals surface area contributed by atoms with E-state index in [2.05, 4.69) is 75.1 Å². The molecule has 0 saturated carbocycles. The third kappa shape index (κ3) is 9.05. The molecule has 1 atom stereocenters. The average molecular weight is 827 g/mol. The van der Waals surface area contributed by atoms with Crippen molar-refractivity contribution in [2.24, 2.45) is 0 Å². The number of carbonyl (C=O) groups is 2. The first kappa shape index (κ1) is 39.9. The average Bonchev–Trinajstić information content (AvgIpc) is 3.20. The second-order valence-electron chi connectivity index (χ2n) is 15.9. The molecule has 0 spiro atoms. The Morgan fingerprint density at radius 3 is 2.19 bits per heavy atom. The van der Waals surface area contributed by atoms with Crippen molar-refractivity contribution >= 4 is 76.1 Å². The molecule has 1 aromatic heterocycles. The molecule has 5 heterocycles. The number of piperazine rings is 1. The number of amides is 2. The van der Waals surface area contributed by atoms with E-state index in [4.69, 9.17) is 16.3 Å². The fraction of sp³-hybridized carbons (Fsp3) is 0.429. The van der Waals surface area contributed by atoms with Gasteiger partial charge in [0.1, 0.15) is 24.0 Å². The predicted molar refractivity (Wildman–Crippen MR) is 233 cm³/mol. The van der Waals surface area contributed by atoms with Gasteiger partial charge in [-0.2, -0.15) is 4.98 Å². The van der Waals surface area contributed by atoms with Gasteiger partial charge in [0.05, 0.1) is 24.7 Å². The van der Waals surface area contributed by atoms with Crippen LogP contribution in [-0.2, 0) is 14.2 Å². The van der Waals surface area contributed by atoms with Gasteiger partial charge in [-0.1, -0.05) is 23.7 Å². The van der Waals surface area contributed by atoms with Crippen molar-refractivity contribution in [1.29, 1.82) is 0 Å². The van der Waals surface area contributed by atoms with E-state index in [9.17, 15) is 14.2 Å². The molecule has 58 heavy (non-hydrogen) atoms. The van der Waals surface area contributed by atoms with E-state index >= 15 is 0 Å². The van der Waals surface area contributed by atoms with Crippen LogP contribution >= 0.6 is 18.7 Å². The van der Waals surface area contributed by atoms with Crippen molar-refractivity contribution in [3.63, 3.8) is 0 Å². The molecule has 8 rings (SSSR count). The number of nitrogens with zero attached hydrogens (tertiary/aromatic N) is 6. The highest BCUT2D eigenvalue weighted by atomic mass is 35.5. The van der Waals surface area contributed by atoms with E-state index in [1.54, 1.807) is 26.6 Å². The first-order valence-electron chi connectivity index (χ1n) is 20.1. The van der Waals surface area contributed by atoms with E-state index in [0.29, 0.717) is 53.2 Å². The third-order valence-electron chi connectivity index (χ3n) is 11.8. The predicted octanol–water partition coefficient (Wildman–Crippen LogP) is 5.57. The third-order valence-corrected chi connectivity index (χ3v) is 13.6. The largest absolute Gasteiger partial charge is 0.494 e. The number of hydrogen-bond acceptors (Lipinski definition) is 13. The summed E-state index contributed by atoms with van der Waals surface area (Å²) in [4.78, 5) is 42.8. The standard InChI is InChI=1S/C42H52ClN10O4P/c1-57-37-24-31(12-13-34(37)47-42-44-25-33(43)40(49-42)46-35-6-4-5-7-38(35)58(2,3)56)50-18-16-30(17-19-50)51-20-22-52(23-21-51)32-26-53(27-32)29-10-8-28(9-11-29)45-36-14-15-39(54)48-41(36)55/h4-13,24-25,30,32,36,45H,14-23,26-27H2,1-3H3,(H,48,54,55)(H2,44,46,47,49). The first-order chi connectivity index (χ1) is 28.0. The maximum Gasteiger partial charge on any atom is 0.249 e. The molecule has 4 N–H and O–H groups in total. The maximum atomic E-state index is 12.9. The Labute approximate surface area is 345 Å². The number of aromatic nitrogens is 2. The van der Waals surface area contributed by atoms with Gasteiger partial charge < -0.3 is 35.1 Å². The summed E-state index contributed by atoms with van der Waals surface area (Å²) in [6.45, 7) is 11.9. The highest BCUT2D eigenvalue weighted by Gasteiger charge is 2.36. The van der Waals surface area contributed by atoms with Crippen molar-refractivity contribution in [2.45, 2.75) is 43.8 Å². The zero-order valence-electron chi connectivity index (χ0n) is 33.3. The molecule has 0 aliphatic carbocycles. The number of hydrogen-bond donors (Lipinski definition) is 4. The lowest BCUT2D eigenvalue weighted by Crippen LogP contribution is -2.64. The molecule has 4 fully saturated rings. The minimum Gasteiger partial charge on any atom is -0.494 e. The van der Waals surface area contributed by atoms with Crippen molar-refractivity contribution < 1.29 is 18.9 Å². The number of benzene rings is 3. The van der Waals surface area contributed by atoms with Gasteiger partial charge in [0.15, 0.2) is 5.82 Å². The van der Waals surface area contributed by atoms with Crippen LogP contribution < -0.4 is 41.1 Å². The normalized spacial score (nSPS) is 20.0. The second kappa shape index (κ2) is 17.1. The molecule has 1 unspecified atom stereocenters. The number of ether oxygens (including phenoxy) is 1. The minimum absolute atomic E-state index is 0.202. The van der Waals surface area contributed by atoms with E-state index in [1.165, 1.54) is 5.69 Å². The lowest BCUT2D eigenvalue weighted by atomic mass is 10.00. The Hall–Kier alpha value is -4.88. The van der Waals surface area contributed by atoms with Gasteiger partial charge in [-0.15, -0.1) is 0 Å². The second-order valence-corrected chi connectivity index (χ2v) is 19.5. The van der Waals surface area contributed by atoms with Crippen molar-refractivity contribution in [1.82, 2.24) is 25.1 Å². The quantitative estimate of drug-likeness (QED) is 0.104. The first-order valence-corrected chi connectivity index (χ1v) is 23.1. The molecule has 4 aromatic rings. The molecule has 0 radical (unpaired) electrons. The summed E-state index contributed by atoms with van der Waals surface area (Å²) in [5.41, 5.74) is 4.65. The Morgan fingerprint density at radius 1 is 0.810 bits per heavy atom. The van der Waals surface area contributed by atoms with E-state index in [0.717, 1.165) is 87.6 Å². The van der Waals surface area contributed by atoms with Gasteiger partial charge in [0.25, 0.3) is 0 Å². The van der Waals surface area contributed by atoms with Gasteiger partial charge in [-0.05, 0) is 81.1 Å². The highest BCUT2D eigenvalue weighted by molar-refractivity contribution is 7.70. The Kier molecular flexibility index (Phi) is 11.8. The Morgan fingerprint density at radius 2 is 1.50 bits per heavy atom. The SMILES string of the molecule is COc1cc(N2CCC(N3CCN(C4CN(c5ccc(NC6CCC(=O)NC6=O)cc5)C4)CC3)CC2)ccc1Nc1ncc(Cl)c(Nc2ccccc2P(C)(C)=O)n1. The number of anilines is 7. The van der Waals surface area contributed by atoms with E-state index in [1.807, 2.05) is 42.5 Å². The van der Waals surface area contributed by atoms with Crippen LogP contribution in [0.1, 0.15) is 25.7 Å². The molecule has 4 aliphatic heterocycles. The minimum atomic E-state index is -2.54. The summed E-state index contributed by atoms with van der Waals surface area (Å²) in [5.74, 6) is 1.01. The molecule has 0 bridgehead atoms. The Balaban J connectivity index is 0.791. The molecular formula is C42H52ClN10O4P. The highest BCUT2D eigenvalue weighted by Crippen LogP contribution is 2.39. The monoisotopic (exact) mass is 826 g/mol. The van der Waals surface area contributed by atoms with Gasteiger partial charge >= 0.3 is 0 Å². The Bertz CT molecular complexity index is 2170. The maximum absolute atomic E-state index is 12.9. The molecule has 4 saturated heterocycles. The molecule has 3 aromatic carbocycles. The summed E-state index contributed by atoms with van der Waals surface area (Å²) in [5, 5.41) is 13.3. The number of para-hydroxylation sites is 1. The molecule has 14 nitrogen and oxygen atoms in total. The topological polar surface area (TPSA) is 147 Å². The summed E-state index contributed by atoms with van der Waals surface area (Å²) >= 11 is 6.49. The van der Waals surface area contributed by atoms with Crippen LogP contribution in [0.4, 0.5) is 40.2 Å². The van der Waals surface area contributed by atoms with Gasteiger partial charge in [0, 0.05) is 99.3 Å². The van der Waals surface area contributed by atoms with Crippen LogP contribution in [0.5, 0.6) is 5.75 Å². The summed E-state index contributed by atoms with van der Waals surface area (Å²) in [6.07, 6.45) is 4.67. The number of imide groups is 1. The fourth-order valence-electron chi connectivity index (χ4n) is 8.45. The molecule has 16 heteroatoms. The number of piperidine rings is 2. The van der Waals surface area contributed by atoms with Crippen LogP contribution in [0, 0.1) is 0 Å². The van der Waals surface area contributed by atoms with Gasteiger partial charge in [0.2, 0.25) is 17.8 Å². The summed E-state index contributed by atoms with van der Waals surface area (Å²) < 4.78 is 18.7. The number of rotatable bonds is 12. The van der Waals surface area contributed by atoms with Gasteiger partial charge in [-0.3, -0.25) is 24.7 Å². The van der Waals surface area contributed by atoms with Gasteiger partial charge in [-0.25, -0.2) is 4.98 Å². The van der Waals surface area contributed by atoms with Crippen LogP contribution in [-0.4, -0.2) is 123 Å². The number of methoxy groups -OCH3 is 1. The summed E-state index contributed by atoms with van der Waals surface area (Å²) in [6, 6.07) is 22.7. The lowest BCUT2D eigenvalue weighted by Gasteiger charge is -2.50. The fourth-order valence-corrected chi connectivity index (χ4v) is 9.74. The van der Waals surface area contributed by atoms with E-state index < -0.39 is 7.14 Å². The molecule has 2 amide bonds. The number of halogens is 1. The zero-order chi connectivity index (χ0) is 40.4. The smallest absolute Gasteiger partial charge is 0.249 e. The van der Waals surface area contributed by atoms with Crippen molar-refractivity contribution in [3.8, 4) is 5.75 Å². The number of carbonyl (C=O) groups excluding carboxylic acids is 2. The molecule has 306 valence electrons. The van der Waals surface area contributed by atoms with Crippen LogP contribution in [0.15, 0.2) is 72.9 Å². The van der Waals surface area contributed by atoms with E-state index in [-0.39, 0.29) is 17.9 Å². The van der Waals surface area contributed by atoms with Crippen molar-refractivity contribution in [3.05, 3.63) is 77.9 Å². The number of nitrogens with one attached hydrogen (secondary N) is 4. The summed E-state index contributed by atoms with van der Waals surface area (Å²) in [7, 11) is -0.871. The van der Waals surface area contributed by atoms with Crippen LogP contribution in [0.25, 0.3) is 0 Å². The molecule has 4 aliphatic rings. The zero-order valence-corrected chi connectivity index (χ0v) is 34.9. The molecular weight excluding hydrogens is 775 g/mol. The van der Waals surface area contributed by atoms with Crippen molar-refractivity contribution in [2.75, 3.05) is 98.5 Å². The van der Waals surface area contributed by atoms with Crippen LogP contribution in [0.2, 0.25) is 5.02 Å². The lowest BCUT2D eigenvalue weighted by molar-refractivity contribution is -0.133.